The Morgan fingerprint density at radius 3 is 2.80 bits per heavy atom. The topological polar surface area (TPSA) is 100 Å². The standard InChI is InChI=1S/C32H38N6O3/c1-3-36-25(13-20-6-4-10-34-29(20)36)30-35-23-12-22(31(39)37-18-21-7-8-24(37)27(21)33)14-26(40-2)28(23)38(30)17-19-15-32(16-19)9-5-11-41-32/h4,6,10,12-14,19,21,24,27H,3,5,7-9,11,15-18,33H2,1-2H3. The summed E-state index contributed by atoms with van der Waals surface area (Å²) in [5, 5.41) is 1.09. The lowest BCUT2D eigenvalue weighted by atomic mass is 9.69. The van der Waals surface area contributed by atoms with Gasteiger partial charge in [-0.1, -0.05) is 0 Å². The average molecular weight is 555 g/mol. The molecule has 4 aliphatic rings. The zero-order valence-electron chi connectivity index (χ0n) is 23.9. The number of rotatable bonds is 6. The van der Waals surface area contributed by atoms with Crippen molar-refractivity contribution in [2.45, 2.75) is 76.2 Å². The number of amides is 1. The van der Waals surface area contributed by atoms with E-state index in [2.05, 4.69) is 33.2 Å². The molecule has 3 unspecified atom stereocenters. The molecule has 9 nitrogen and oxygen atoms in total. The Bertz CT molecular complexity index is 1660. The van der Waals surface area contributed by atoms with Crippen molar-refractivity contribution in [3.63, 3.8) is 0 Å². The summed E-state index contributed by atoms with van der Waals surface area (Å²) < 4.78 is 16.7. The number of likely N-dealkylation sites (tertiary alicyclic amines) is 1. The molecule has 1 amide bonds. The largest absolute Gasteiger partial charge is 0.494 e. The predicted molar refractivity (Wildman–Crippen MR) is 157 cm³/mol. The van der Waals surface area contributed by atoms with Crippen molar-refractivity contribution in [2.75, 3.05) is 20.3 Å². The lowest BCUT2D eigenvalue weighted by molar-refractivity contribution is -0.0939. The maximum absolute atomic E-state index is 13.8. The fourth-order valence-electron chi connectivity index (χ4n) is 8.38. The van der Waals surface area contributed by atoms with Crippen LogP contribution in [0.25, 0.3) is 33.6 Å². The van der Waals surface area contributed by atoms with E-state index in [1.54, 1.807) is 7.11 Å². The van der Waals surface area contributed by atoms with Crippen LogP contribution in [-0.2, 0) is 17.8 Å². The van der Waals surface area contributed by atoms with E-state index in [0.717, 1.165) is 98.4 Å². The molecule has 2 N–H and O–H groups in total. The Morgan fingerprint density at radius 2 is 2.10 bits per heavy atom. The smallest absolute Gasteiger partial charge is 0.254 e. The third-order valence-corrected chi connectivity index (χ3v) is 10.3. The molecule has 2 saturated heterocycles. The quantitative estimate of drug-likeness (QED) is 0.374. The lowest BCUT2D eigenvalue weighted by Gasteiger charge is -2.44. The Hall–Kier alpha value is -3.43. The molecule has 214 valence electrons. The molecule has 4 aromatic rings. The number of ether oxygens (including phenoxy) is 2. The van der Waals surface area contributed by atoms with Gasteiger partial charge in [-0.05, 0) is 87.6 Å². The highest BCUT2D eigenvalue weighted by atomic mass is 16.5. The summed E-state index contributed by atoms with van der Waals surface area (Å²) in [5.41, 5.74) is 10.8. The van der Waals surface area contributed by atoms with Crippen molar-refractivity contribution in [3.8, 4) is 17.3 Å². The maximum Gasteiger partial charge on any atom is 0.254 e. The molecular weight excluding hydrogens is 516 g/mol. The highest BCUT2D eigenvalue weighted by Crippen LogP contribution is 2.49. The van der Waals surface area contributed by atoms with Gasteiger partial charge in [0.1, 0.15) is 16.9 Å². The van der Waals surface area contributed by atoms with Crippen LogP contribution in [0.3, 0.4) is 0 Å². The van der Waals surface area contributed by atoms with E-state index in [4.69, 9.17) is 20.2 Å². The molecule has 1 spiro atoms. The van der Waals surface area contributed by atoms with Gasteiger partial charge in [-0.2, -0.15) is 0 Å². The molecule has 3 atom stereocenters. The average Bonchev–Trinajstić information content (AvgIpc) is 3.80. The summed E-state index contributed by atoms with van der Waals surface area (Å²) in [6, 6.07) is 10.3. The van der Waals surface area contributed by atoms with Crippen LogP contribution in [0.1, 0.15) is 55.8 Å². The van der Waals surface area contributed by atoms with Crippen LogP contribution in [0.2, 0.25) is 0 Å². The summed E-state index contributed by atoms with van der Waals surface area (Å²) in [4.78, 5) is 25.7. The summed E-state index contributed by atoms with van der Waals surface area (Å²) >= 11 is 0. The van der Waals surface area contributed by atoms with Gasteiger partial charge < -0.3 is 29.2 Å². The highest BCUT2D eigenvalue weighted by molar-refractivity contribution is 6.00. The molecule has 3 aromatic heterocycles. The number of carbonyl (C=O) groups excluding carboxylic acids is 1. The number of nitrogens with two attached hydrogens (primary N) is 1. The minimum absolute atomic E-state index is 0.0233. The minimum Gasteiger partial charge on any atom is -0.494 e. The van der Waals surface area contributed by atoms with E-state index in [1.807, 2.05) is 29.3 Å². The van der Waals surface area contributed by atoms with Gasteiger partial charge in [0.05, 0.1) is 23.9 Å². The number of nitrogens with zero attached hydrogens (tertiary/aromatic N) is 5. The molecule has 8 rings (SSSR count). The van der Waals surface area contributed by atoms with Crippen molar-refractivity contribution in [2.24, 2.45) is 17.6 Å². The van der Waals surface area contributed by atoms with Crippen LogP contribution in [-0.4, -0.2) is 67.9 Å². The van der Waals surface area contributed by atoms with Crippen molar-refractivity contribution in [1.29, 1.82) is 0 Å². The number of hydrogen-bond acceptors (Lipinski definition) is 6. The first kappa shape index (κ1) is 25.3. The van der Waals surface area contributed by atoms with E-state index in [0.29, 0.717) is 23.1 Å². The van der Waals surface area contributed by atoms with Crippen LogP contribution < -0.4 is 10.5 Å². The van der Waals surface area contributed by atoms with Crippen molar-refractivity contribution < 1.29 is 14.3 Å². The number of benzene rings is 1. The first-order valence-electron chi connectivity index (χ1n) is 15.2. The first-order valence-corrected chi connectivity index (χ1v) is 15.2. The Balaban J connectivity index is 1.25. The molecule has 2 bridgehead atoms. The van der Waals surface area contributed by atoms with Gasteiger partial charge in [-0.15, -0.1) is 0 Å². The van der Waals surface area contributed by atoms with Crippen LogP contribution in [0.15, 0.2) is 36.5 Å². The number of aromatic nitrogens is 4. The Morgan fingerprint density at radius 1 is 1.22 bits per heavy atom. The molecule has 2 saturated carbocycles. The molecule has 5 heterocycles. The summed E-state index contributed by atoms with van der Waals surface area (Å²) in [5.74, 6) is 2.49. The molecular formula is C32H38N6O3. The maximum atomic E-state index is 13.8. The number of hydrogen-bond donors (Lipinski definition) is 1. The zero-order valence-corrected chi connectivity index (χ0v) is 23.9. The van der Waals surface area contributed by atoms with E-state index < -0.39 is 0 Å². The van der Waals surface area contributed by atoms with Crippen LogP contribution in [0.4, 0.5) is 0 Å². The fourth-order valence-corrected chi connectivity index (χ4v) is 8.38. The lowest BCUT2D eigenvalue weighted by Crippen LogP contribution is -2.44. The highest BCUT2D eigenvalue weighted by Gasteiger charge is 2.48. The number of piperidine rings is 1. The molecule has 9 heteroatoms. The molecule has 2 aliphatic carbocycles. The fraction of sp³-hybridized carbons (Fsp3) is 0.531. The van der Waals surface area contributed by atoms with Crippen molar-refractivity contribution >= 4 is 28.0 Å². The van der Waals surface area contributed by atoms with Crippen LogP contribution in [0, 0.1) is 11.8 Å². The number of carbonyl (C=O) groups is 1. The predicted octanol–water partition coefficient (Wildman–Crippen LogP) is 4.60. The van der Waals surface area contributed by atoms with Crippen LogP contribution >= 0.6 is 0 Å². The molecule has 1 aromatic carbocycles. The van der Waals surface area contributed by atoms with Gasteiger partial charge in [0.25, 0.3) is 5.91 Å². The summed E-state index contributed by atoms with van der Waals surface area (Å²) in [7, 11) is 1.69. The minimum atomic E-state index is 0.0233. The monoisotopic (exact) mass is 554 g/mol. The zero-order chi connectivity index (χ0) is 27.9. The summed E-state index contributed by atoms with van der Waals surface area (Å²) in [6.45, 7) is 5.36. The van der Waals surface area contributed by atoms with E-state index >= 15 is 0 Å². The van der Waals surface area contributed by atoms with Gasteiger partial charge in [0, 0.05) is 55.5 Å². The van der Waals surface area contributed by atoms with E-state index in [1.165, 1.54) is 0 Å². The number of fused-ring (bicyclic) bond motifs is 4. The number of imidazole rings is 1. The van der Waals surface area contributed by atoms with Gasteiger partial charge in [0.15, 0.2) is 5.82 Å². The molecule has 41 heavy (non-hydrogen) atoms. The van der Waals surface area contributed by atoms with Crippen LogP contribution in [0.5, 0.6) is 5.75 Å². The summed E-state index contributed by atoms with van der Waals surface area (Å²) in [6.07, 6.45) is 8.39. The molecule has 2 aliphatic heterocycles. The Kier molecular flexibility index (Phi) is 5.73. The molecule has 4 fully saturated rings. The second-order valence-corrected chi connectivity index (χ2v) is 12.6. The number of aryl methyl sites for hydroxylation is 1. The Labute approximate surface area is 239 Å². The number of methoxy groups -OCH3 is 1. The van der Waals surface area contributed by atoms with Gasteiger partial charge in [0.2, 0.25) is 0 Å². The second-order valence-electron chi connectivity index (χ2n) is 12.6. The SMILES string of the molecule is CCn1c(-c2nc3cc(C(=O)N4CC5CCC4C5N)cc(OC)c3n2CC2CC3(CCCO3)C2)cc2cccnc21. The van der Waals surface area contributed by atoms with Gasteiger partial charge in [-0.3, -0.25) is 4.79 Å². The molecule has 0 radical (unpaired) electrons. The number of pyridine rings is 1. The second kappa shape index (κ2) is 9.29. The first-order chi connectivity index (χ1) is 20.0. The third-order valence-electron chi connectivity index (χ3n) is 10.3. The van der Waals surface area contributed by atoms with Gasteiger partial charge in [-0.25, -0.2) is 9.97 Å². The normalized spacial score (nSPS) is 28.8. The van der Waals surface area contributed by atoms with Gasteiger partial charge >= 0.3 is 0 Å². The third kappa shape index (κ3) is 3.78. The van der Waals surface area contributed by atoms with E-state index in [-0.39, 0.29) is 23.6 Å². The van der Waals surface area contributed by atoms with Crippen molar-refractivity contribution in [3.05, 3.63) is 42.1 Å². The van der Waals surface area contributed by atoms with Crippen molar-refractivity contribution in [1.82, 2.24) is 24.0 Å². The van der Waals surface area contributed by atoms with E-state index in [9.17, 15) is 4.79 Å².